The summed E-state index contributed by atoms with van der Waals surface area (Å²) in [6.45, 7) is 1.63. The molecule has 1 atom stereocenters. The van der Waals surface area contributed by atoms with Crippen LogP contribution in [-0.2, 0) is 10.3 Å². The highest BCUT2D eigenvalue weighted by molar-refractivity contribution is 6.41. The number of imide groups is 1. The summed E-state index contributed by atoms with van der Waals surface area (Å²) in [4.78, 5) is 25.1. The van der Waals surface area contributed by atoms with Gasteiger partial charge in [-0.3, -0.25) is 4.79 Å². The number of nitrogens with one attached hydrogen (secondary N) is 1. The number of benzene rings is 2. The standard InChI is InChI=1S/C20H18ClN3O3/c1-20(15-8-10-17(27-2)11-9-15)18(25)24(19(26)23-20)22-13-16(21)12-14-6-4-3-5-7-14/h3-13H,1-2H3,(H,23,26)/b16-12-,22-13-/t20-/m1/s1. The third-order valence-corrected chi connectivity index (χ3v) is 4.44. The molecule has 2 aromatic rings. The van der Waals surface area contributed by atoms with Crippen LogP contribution in [0.1, 0.15) is 18.1 Å². The number of amides is 3. The molecule has 7 heteroatoms. The van der Waals surface area contributed by atoms with Crippen molar-refractivity contribution in [3.8, 4) is 5.75 Å². The predicted octanol–water partition coefficient (Wildman–Crippen LogP) is 3.73. The summed E-state index contributed by atoms with van der Waals surface area (Å²) in [7, 11) is 1.56. The van der Waals surface area contributed by atoms with Gasteiger partial charge >= 0.3 is 6.03 Å². The molecule has 6 nitrogen and oxygen atoms in total. The lowest BCUT2D eigenvalue weighted by Crippen LogP contribution is -2.40. The van der Waals surface area contributed by atoms with Crippen molar-refractivity contribution < 1.29 is 14.3 Å². The summed E-state index contributed by atoms with van der Waals surface area (Å²) in [6, 6.07) is 15.7. The maximum atomic E-state index is 12.8. The van der Waals surface area contributed by atoms with Crippen molar-refractivity contribution in [2.24, 2.45) is 5.10 Å². The van der Waals surface area contributed by atoms with Crippen molar-refractivity contribution in [1.29, 1.82) is 0 Å². The number of hydrazone groups is 1. The molecule has 0 radical (unpaired) electrons. The maximum absolute atomic E-state index is 12.8. The van der Waals surface area contributed by atoms with Gasteiger partial charge in [-0.05, 0) is 36.3 Å². The molecule has 1 N–H and O–H groups in total. The van der Waals surface area contributed by atoms with E-state index in [2.05, 4.69) is 10.4 Å². The third-order valence-electron chi connectivity index (χ3n) is 4.24. The van der Waals surface area contributed by atoms with Crippen LogP contribution in [0.4, 0.5) is 4.79 Å². The Labute approximate surface area is 162 Å². The largest absolute Gasteiger partial charge is 0.497 e. The number of nitrogens with zero attached hydrogens (tertiary/aromatic N) is 2. The fourth-order valence-corrected chi connectivity index (χ4v) is 2.88. The molecule has 138 valence electrons. The molecule has 2 aromatic carbocycles. The lowest BCUT2D eigenvalue weighted by molar-refractivity contribution is -0.131. The molecule has 1 heterocycles. The second kappa shape index (κ2) is 7.63. The van der Waals surface area contributed by atoms with E-state index in [0.29, 0.717) is 16.3 Å². The number of carbonyl (C=O) groups is 2. The molecular weight excluding hydrogens is 366 g/mol. The van der Waals surface area contributed by atoms with Gasteiger partial charge in [0, 0.05) is 0 Å². The number of allylic oxidation sites excluding steroid dienone is 1. The van der Waals surface area contributed by atoms with Gasteiger partial charge in [0.15, 0.2) is 0 Å². The lowest BCUT2D eigenvalue weighted by Gasteiger charge is -2.21. The molecule has 0 bridgehead atoms. The number of ether oxygens (including phenoxy) is 1. The Bertz CT molecular complexity index is 910. The molecular formula is C20H18ClN3O3. The number of methoxy groups -OCH3 is 1. The third kappa shape index (κ3) is 3.85. The van der Waals surface area contributed by atoms with E-state index in [1.165, 1.54) is 6.21 Å². The molecule has 1 fully saturated rings. The van der Waals surface area contributed by atoms with E-state index in [9.17, 15) is 9.59 Å². The predicted molar refractivity (Wildman–Crippen MR) is 104 cm³/mol. The average molecular weight is 384 g/mol. The van der Waals surface area contributed by atoms with Crippen LogP contribution < -0.4 is 10.1 Å². The number of urea groups is 1. The van der Waals surface area contributed by atoms with E-state index < -0.39 is 17.5 Å². The second-order valence-electron chi connectivity index (χ2n) is 6.09. The summed E-state index contributed by atoms with van der Waals surface area (Å²) in [5.41, 5.74) is 0.301. The van der Waals surface area contributed by atoms with E-state index >= 15 is 0 Å². The lowest BCUT2D eigenvalue weighted by atomic mass is 9.92. The van der Waals surface area contributed by atoms with Crippen molar-refractivity contribution in [1.82, 2.24) is 10.3 Å². The summed E-state index contributed by atoms with van der Waals surface area (Å²) >= 11 is 6.14. The Balaban J connectivity index is 1.80. The molecule has 1 aliphatic heterocycles. The number of carbonyl (C=O) groups excluding carboxylic acids is 2. The topological polar surface area (TPSA) is 71.0 Å². The Morgan fingerprint density at radius 1 is 1.15 bits per heavy atom. The molecule has 0 aromatic heterocycles. The van der Waals surface area contributed by atoms with Gasteiger partial charge in [-0.2, -0.15) is 5.10 Å². The molecule has 3 rings (SSSR count). The first kappa shape index (κ1) is 18.7. The normalized spacial score (nSPS) is 20.3. The van der Waals surface area contributed by atoms with Crippen LogP contribution in [0.15, 0.2) is 64.7 Å². The smallest absolute Gasteiger partial charge is 0.346 e. The van der Waals surface area contributed by atoms with Gasteiger partial charge in [0.05, 0.1) is 18.4 Å². The molecule has 1 saturated heterocycles. The fourth-order valence-electron chi connectivity index (χ4n) is 2.71. The Morgan fingerprint density at radius 3 is 2.44 bits per heavy atom. The number of hydrogen-bond acceptors (Lipinski definition) is 4. The van der Waals surface area contributed by atoms with Crippen molar-refractivity contribution in [3.63, 3.8) is 0 Å². The van der Waals surface area contributed by atoms with E-state index in [-0.39, 0.29) is 0 Å². The Hall–Kier alpha value is -3.12. The van der Waals surface area contributed by atoms with Crippen LogP contribution in [-0.4, -0.2) is 30.3 Å². The zero-order valence-corrected chi connectivity index (χ0v) is 15.6. The number of halogens is 1. The SMILES string of the molecule is COc1ccc([C@@]2(C)NC(=O)N(/N=C\C(Cl)=C\c3ccccc3)C2=O)cc1. The van der Waals surface area contributed by atoms with Crippen LogP contribution in [0.2, 0.25) is 0 Å². The van der Waals surface area contributed by atoms with Gasteiger partial charge in [-0.1, -0.05) is 54.1 Å². The first-order chi connectivity index (χ1) is 12.9. The van der Waals surface area contributed by atoms with Gasteiger partial charge in [0.2, 0.25) is 0 Å². The fraction of sp³-hybridized carbons (Fsp3) is 0.150. The average Bonchev–Trinajstić information content (AvgIpc) is 2.90. The molecule has 27 heavy (non-hydrogen) atoms. The van der Waals surface area contributed by atoms with Gasteiger partial charge in [-0.15, -0.1) is 5.01 Å². The molecule has 3 amide bonds. The highest BCUT2D eigenvalue weighted by Crippen LogP contribution is 2.30. The molecule has 0 unspecified atom stereocenters. The Kier molecular flexibility index (Phi) is 5.28. The quantitative estimate of drug-likeness (QED) is 0.631. The molecule has 0 saturated carbocycles. The molecule has 1 aliphatic rings. The zero-order valence-electron chi connectivity index (χ0n) is 14.8. The van der Waals surface area contributed by atoms with Crippen LogP contribution in [0, 0.1) is 0 Å². The molecule has 0 aliphatic carbocycles. The highest BCUT2D eigenvalue weighted by atomic mass is 35.5. The number of rotatable bonds is 5. The van der Waals surface area contributed by atoms with E-state index in [4.69, 9.17) is 16.3 Å². The first-order valence-electron chi connectivity index (χ1n) is 8.21. The van der Waals surface area contributed by atoms with Gasteiger partial charge < -0.3 is 10.1 Å². The van der Waals surface area contributed by atoms with Crippen LogP contribution in [0.3, 0.4) is 0 Å². The Morgan fingerprint density at radius 2 is 1.81 bits per heavy atom. The minimum atomic E-state index is -1.21. The second-order valence-corrected chi connectivity index (χ2v) is 6.52. The summed E-state index contributed by atoms with van der Waals surface area (Å²) in [5, 5.41) is 7.71. The van der Waals surface area contributed by atoms with Gasteiger partial charge in [0.25, 0.3) is 5.91 Å². The van der Waals surface area contributed by atoms with Crippen molar-refractivity contribution in [2.75, 3.05) is 7.11 Å². The van der Waals surface area contributed by atoms with Crippen molar-refractivity contribution in [2.45, 2.75) is 12.5 Å². The van der Waals surface area contributed by atoms with Crippen LogP contribution in [0.5, 0.6) is 5.75 Å². The maximum Gasteiger partial charge on any atom is 0.346 e. The van der Waals surface area contributed by atoms with Gasteiger partial charge in [0.1, 0.15) is 11.3 Å². The minimum Gasteiger partial charge on any atom is -0.497 e. The monoisotopic (exact) mass is 383 g/mol. The van der Waals surface area contributed by atoms with E-state index in [0.717, 1.165) is 10.6 Å². The molecule has 0 spiro atoms. The summed E-state index contributed by atoms with van der Waals surface area (Å²) in [5.74, 6) is 0.171. The highest BCUT2D eigenvalue weighted by Gasteiger charge is 2.49. The minimum absolute atomic E-state index is 0.292. The number of hydrogen-bond donors (Lipinski definition) is 1. The van der Waals surface area contributed by atoms with E-state index in [1.54, 1.807) is 44.4 Å². The van der Waals surface area contributed by atoms with Crippen LogP contribution in [0.25, 0.3) is 6.08 Å². The first-order valence-corrected chi connectivity index (χ1v) is 8.59. The van der Waals surface area contributed by atoms with Crippen molar-refractivity contribution >= 4 is 35.8 Å². The van der Waals surface area contributed by atoms with Gasteiger partial charge in [-0.25, -0.2) is 4.79 Å². The summed E-state index contributed by atoms with van der Waals surface area (Å²) < 4.78 is 5.12. The van der Waals surface area contributed by atoms with E-state index in [1.807, 2.05) is 30.3 Å². The van der Waals surface area contributed by atoms with Crippen molar-refractivity contribution in [3.05, 3.63) is 70.8 Å². The zero-order chi connectivity index (χ0) is 19.4. The van der Waals surface area contributed by atoms with Crippen LogP contribution >= 0.6 is 11.6 Å². The summed E-state index contributed by atoms with van der Waals surface area (Å²) in [6.07, 6.45) is 2.96.